The fourth-order valence-corrected chi connectivity index (χ4v) is 5.92. The van der Waals surface area contributed by atoms with E-state index in [-0.39, 0.29) is 10.6 Å². The number of aromatic nitrogens is 2. The Morgan fingerprint density at radius 3 is 2.52 bits per heavy atom. The Morgan fingerprint density at radius 2 is 1.70 bits per heavy atom. The molecule has 1 aliphatic carbocycles. The molecule has 1 saturated carbocycles. The summed E-state index contributed by atoms with van der Waals surface area (Å²) in [6.45, 7) is 3.93. The average molecular weight is 393 g/mol. The van der Waals surface area contributed by atoms with E-state index >= 15 is 0 Å². The van der Waals surface area contributed by atoms with Gasteiger partial charge in [0.05, 0.1) is 15.9 Å². The Labute approximate surface area is 159 Å². The van der Waals surface area contributed by atoms with Crippen LogP contribution in [-0.4, -0.2) is 60.3 Å². The molecule has 0 amide bonds. The molecule has 0 radical (unpaired) electrons. The predicted molar refractivity (Wildman–Crippen MR) is 105 cm³/mol. The largest absolute Gasteiger partial charge is 0.323 e. The number of fused-ring (bicyclic) bond motifs is 1. The zero-order valence-electron chi connectivity index (χ0n) is 15.6. The van der Waals surface area contributed by atoms with Crippen molar-refractivity contribution < 1.29 is 8.42 Å². The van der Waals surface area contributed by atoms with E-state index in [0.717, 1.165) is 32.0 Å². The van der Waals surface area contributed by atoms with Crippen molar-refractivity contribution in [3.8, 4) is 0 Å². The van der Waals surface area contributed by atoms with Gasteiger partial charge in [0.1, 0.15) is 0 Å². The van der Waals surface area contributed by atoms with Crippen molar-refractivity contribution >= 4 is 21.1 Å². The van der Waals surface area contributed by atoms with Gasteiger partial charge in [0.25, 0.3) is 0 Å². The minimum atomic E-state index is -3.55. The molecule has 8 heteroatoms. The molecule has 2 N–H and O–H groups in total. The predicted octanol–water partition coefficient (Wildman–Crippen LogP) is 2.13. The fourth-order valence-electron chi connectivity index (χ4n) is 4.43. The van der Waals surface area contributed by atoms with E-state index in [4.69, 9.17) is 0 Å². The maximum atomic E-state index is 13.1. The molecule has 1 aromatic heterocycles. The molecular formula is C19H28N4O3S. The highest BCUT2D eigenvalue weighted by atomic mass is 32.2. The highest BCUT2D eigenvalue weighted by Crippen LogP contribution is 2.25. The lowest BCUT2D eigenvalue weighted by atomic mass is 9.89. The summed E-state index contributed by atoms with van der Waals surface area (Å²) in [5.41, 5.74) is 0.816. The first-order valence-electron chi connectivity index (χ1n) is 9.97. The summed E-state index contributed by atoms with van der Waals surface area (Å²) in [6, 6.07) is 4.77. The van der Waals surface area contributed by atoms with Crippen LogP contribution in [0.5, 0.6) is 0 Å². The van der Waals surface area contributed by atoms with Gasteiger partial charge in [-0.2, -0.15) is 4.31 Å². The molecule has 7 nitrogen and oxygen atoms in total. The number of hydrogen-bond donors (Lipinski definition) is 2. The van der Waals surface area contributed by atoms with Crippen molar-refractivity contribution in [2.45, 2.75) is 43.4 Å². The fraction of sp³-hybridized carbons (Fsp3) is 0.632. The van der Waals surface area contributed by atoms with Gasteiger partial charge in [0.15, 0.2) is 0 Å². The summed E-state index contributed by atoms with van der Waals surface area (Å²) in [7, 11) is -3.55. The summed E-state index contributed by atoms with van der Waals surface area (Å²) in [5.74, 6) is 0.773. The van der Waals surface area contributed by atoms with Gasteiger partial charge in [-0.25, -0.2) is 13.2 Å². The quantitative estimate of drug-likeness (QED) is 0.834. The lowest BCUT2D eigenvalue weighted by Gasteiger charge is -2.28. The third kappa shape index (κ3) is 4.12. The van der Waals surface area contributed by atoms with Crippen LogP contribution in [0.3, 0.4) is 0 Å². The summed E-state index contributed by atoms with van der Waals surface area (Å²) in [6.07, 6.45) is 7.51. The zero-order valence-corrected chi connectivity index (χ0v) is 16.4. The molecule has 27 heavy (non-hydrogen) atoms. The van der Waals surface area contributed by atoms with Crippen molar-refractivity contribution in [2.24, 2.45) is 5.92 Å². The second-order valence-electron chi connectivity index (χ2n) is 7.85. The van der Waals surface area contributed by atoms with Crippen molar-refractivity contribution in [2.75, 3.05) is 32.7 Å². The first-order valence-corrected chi connectivity index (χ1v) is 11.4. The van der Waals surface area contributed by atoms with Crippen LogP contribution in [-0.2, 0) is 10.0 Å². The van der Waals surface area contributed by atoms with Crippen LogP contribution in [0.15, 0.2) is 27.9 Å². The van der Waals surface area contributed by atoms with E-state index < -0.39 is 10.0 Å². The van der Waals surface area contributed by atoms with Gasteiger partial charge >= 0.3 is 5.69 Å². The van der Waals surface area contributed by atoms with Crippen LogP contribution in [0.1, 0.15) is 38.5 Å². The van der Waals surface area contributed by atoms with Crippen molar-refractivity contribution in [3.63, 3.8) is 0 Å². The summed E-state index contributed by atoms with van der Waals surface area (Å²) in [4.78, 5) is 19.4. The molecule has 2 aromatic rings. The van der Waals surface area contributed by atoms with Crippen molar-refractivity contribution in [1.29, 1.82) is 0 Å². The maximum Gasteiger partial charge on any atom is 0.323 e. The molecule has 1 aromatic carbocycles. The Kier molecular flexibility index (Phi) is 5.39. The number of nitrogens with zero attached hydrogens (tertiary/aromatic N) is 2. The highest BCUT2D eigenvalue weighted by Gasteiger charge is 2.28. The maximum absolute atomic E-state index is 13.1. The van der Waals surface area contributed by atoms with Crippen molar-refractivity contribution in [3.05, 3.63) is 28.7 Å². The SMILES string of the molecule is O=c1[nH]c2ccc(S(=O)(=O)N3CCCN(CC4CCCCC4)CC3)cc2[nH]1. The number of imidazole rings is 1. The van der Waals surface area contributed by atoms with Crippen LogP contribution >= 0.6 is 0 Å². The molecule has 0 bridgehead atoms. The van der Waals surface area contributed by atoms with E-state index in [9.17, 15) is 13.2 Å². The van der Waals surface area contributed by atoms with Gasteiger partial charge < -0.3 is 14.9 Å². The first kappa shape index (κ1) is 18.7. The van der Waals surface area contributed by atoms with Gasteiger partial charge in [-0.15, -0.1) is 0 Å². The van der Waals surface area contributed by atoms with Crippen LogP contribution in [0.25, 0.3) is 11.0 Å². The standard InChI is InChI=1S/C19H28N4O3S/c24-19-20-17-8-7-16(13-18(17)21-19)27(25,26)23-10-4-9-22(11-12-23)14-15-5-2-1-3-6-15/h7-8,13,15H,1-6,9-12,14H2,(H2,20,21,24). The lowest BCUT2D eigenvalue weighted by molar-refractivity contribution is 0.208. The third-order valence-electron chi connectivity index (χ3n) is 5.91. The molecule has 0 spiro atoms. The van der Waals surface area contributed by atoms with Crippen LogP contribution < -0.4 is 5.69 Å². The number of rotatable bonds is 4. The number of hydrogen-bond acceptors (Lipinski definition) is 4. The number of aromatic amines is 2. The summed E-state index contributed by atoms with van der Waals surface area (Å²) < 4.78 is 27.8. The molecule has 2 aliphatic rings. The molecule has 2 fully saturated rings. The summed E-state index contributed by atoms with van der Waals surface area (Å²) >= 11 is 0. The molecular weight excluding hydrogens is 364 g/mol. The van der Waals surface area contributed by atoms with Gasteiger partial charge in [-0.3, -0.25) is 0 Å². The smallest absolute Gasteiger partial charge is 0.306 e. The zero-order chi connectivity index (χ0) is 18.9. The topological polar surface area (TPSA) is 89.3 Å². The van der Waals surface area contributed by atoms with Crippen molar-refractivity contribution in [1.82, 2.24) is 19.2 Å². The molecule has 4 rings (SSSR count). The monoisotopic (exact) mass is 392 g/mol. The number of sulfonamides is 1. The minimum absolute atomic E-state index is 0.242. The van der Waals surface area contributed by atoms with E-state index in [2.05, 4.69) is 14.9 Å². The van der Waals surface area contributed by atoms with E-state index in [1.165, 1.54) is 32.1 Å². The Balaban J connectivity index is 1.45. The van der Waals surface area contributed by atoms with E-state index in [1.807, 2.05) is 0 Å². The first-order chi connectivity index (χ1) is 13.0. The van der Waals surface area contributed by atoms with Crippen LogP contribution in [0.2, 0.25) is 0 Å². The number of nitrogens with one attached hydrogen (secondary N) is 2. The Bertz CT molecular complexity index is 943. The highest BCUT2D eigenvalue weighted by molar-refractivity contribution is 7.89. The van der Waals surface area contributed by atoms with Gasteiger partial charge in [0.2, 0.25) is 10.0 Å². The number of benzene rings is 1. The molecule has 1 saturated heterocycles. The second kappa shape index (κ2) is 7.77. The second-order valence-corrected chi connectivity index (χ2v) is 9.79. The van der Waals surface area contributed by atoms with Gasteiger partial charge in [0, 0.05) is 26.2 Å². The lowest BCUT2D eigenvalue weighted by Crippen LogP contribution is -2.36. The number of H-pyrrole nitrogens is 2. The van der Waals surface area contributed by atoms with Gasteiger partial charge in [-0.1, -0.05) is 19.3 Å². The average Bonchev–Trinajstić information content (AvgIpc) is 2.87. The molecule has 1 aliphatic heterocycles. The Morgan fingerprint density at radius 1 is 0.926 bits per heavy atom. The van der Waals surface area contributed by atoms with Crippen LogP contribution in [0.4, 0.5) is 0 Å². The molecule has 2 heterocycles. The summed E-state index contributed by atoms with van der Waals surface area (Å²) in [5, 5.41) is 0. The van der Waals surface area contributed by atoms with E-state index in [1.54, 1.807) is 22.5 Å². The molecule has 0 atom stereocenters. The van der Waals surface area contributed by atoms with E-state index in [0.29, 0.717) is 24.1 Å². The minimum Gasteiger partial charge on any atom is -0.306 e. The van der Waals surface area contributed by atoms with Gasteiger partial charge in [-0.05, 0) is 49.9 Å². The molecule has 0 unspecified atom stereocenters. The Hall–Kier alpha value is -1.64. The normalized spacial score (nSPS) is 21.5. The molecule has 148 valence electrons. The third-order valence-corrected chi connectivity index (χ3v) is 7.81. The van der Waals surface area contributed by atoms with Crippen LogP contribution in [0, 0.1) is 5.92 Å².